The van der Waals surface area contributed by atoms with E-state index in [1.807, 2.05) is 0 Å². The molecule has 0 spiro atoms. The van der Waals surface area contributed by atoms with Crippen molar-refractivity contribution in [2.75, 3.05) is 16.8 Å². The Bertz CT molecular complexity index is 792. The van der Waals surface area contributed by atoms with Crippen LogP contribution < -0.4 is 15.0 Å². The lowest BCUT2D eigenvalue weighted by molar-refractivity contribution is -0.125. The monoisotopic (exact) mass is 353 g/mol. The third-order valence-corrected chi connectivity index (χ3v) is 4.33. The van der Waals surface area contributed by atoms with E-state index >= 15 is 0 Å². The van der Waals surface area contributed by atoms with Crippen molar-refractivity contribution in [1.29, 1.82) is 0 Å². The Morgan fingerprint density at radius 3 is 2.88 bits per heavy atom. The number of nitrogens with zero attached hydrogens (tertiary/aromatic N) is 2. The summed E-state index contributed by atoms with van der Waals surface area (Å²) in [7, 11) is 0. The van der Waals surface area contributed by atoms with Crippen molar-refractivity contribution in [3.63, 3.8) is 0 Å². The fourth-order valence-corrected chi connectivity index (χ4v) is 2.94. The second-order valence-electron chi connectivity index (χ2n) is 6.34. The third-order valence-electron chi connectivity index (χ3n) is 4.33. The van der Waals surface area contributed by atoms with Crippen LogP contribution in [0.3, 0.4) is 0 Å². The molecule has 136 valence electrons. The standard InChI is InChI=1S/C20H23N3O3/c1-3-4-5-11-23-17-12-16(8-9-18(17)26-14(2)20(23)25)22-19(24)15-7-6-10-21-13-15/h6-10,12-14H,3-5,11H2,1-2H3,(H,22,24). The summed E-state index contributed by atoms with van der Waals surface area (Å²) in [4.78, 5) is 30.6. The molecule has 2 heterocycles. The second-order valence-corrected chi connectivity index (χ2v) is 6.34. The van der Waals surface area contributed by atoms with E-state index < -0.39 is 6.10 Å². The number of anilines is 2. The van der Waals surface area contributed by atoms with Gasteiger partial charge in [0.2, 0.25) is 0 Å². The quantitative estimate of drug-likeness (QED) is 0.805. The van der Waals surface area contributed by atoms with Crippen LogP contribution in [-0.4, -0.2) is 29.4 Å². The Balaban J connectivity index is 1.83. The lowest BCUT2D eigenvalue weighted by Crippen LogP contribution is -2.44. The van der Waals surface area contributed by atoms with Gasteiger partial charge in [0.05, 0.1) is 11.3 Å². The fraction of sp³-hybridized carbons (Fsp3) is 0.350. The number of nitrogens with one attached hydrogen (secondary N) is 1. The number of hydrogen-bond acceptors (Lipinski definition) is 4. The van der Waals surface area contributed by atoms with E-state index in [9.17, 15) is 9.59 Å². The van der Waals surface area contributed by atoms with Crippen molar-refractivity contribution in [3.05, 3.63) is 48.3 Å². The Hall–Kier alpha value is -2.89. The van der Waals surface area contributed by atoms with Crippen LogP contribution in [-0.2, 0) is 4.79 Å². The molecular weight excluding hydrogens is 330 g/mol. The zero-order valence-corrected chi connectivity index (χ0v) is 15.1. The molecule has 1 N–H and O–H groups in total. The zero-order valence-electron chi connectivity index (χ0n) is 15.1. The molecule has 0 saturated heterocycles. The van der Waals surface area contributed by atoms with Crippen LogP contribution in [0.25, 0.3) is 0 Å². The Kier molecular flexibility index (Phi) is 5.51. The van der Waals surface area contributed by atoms with Crippen molar-refractivity contribution >= 4 is 23.2 Å². The number of hydrogen-bond donors (Lipinski definition) is 1. The highest BCUT2D eigenvalue weighted by Gasteiger charge is 2.31. The highest BCUT2D eigenvalue weighted by molar-refractivity contribution is 6.05. The van der Waals surface area contributed by atoms with Crippen molar-refractivity contribution < 1.29 is 14.3 Å². The van der Waals surface area contributed by atoms with Gasteiger partial charge in [0, 0.05) is 24.6 Å². The van der Waals surface area contributed by atoms with Crippen molar-refractivity contribution in [2.45, 2.75) is 39.2 Å². The Labute approximate surface area is 153 Å². The molecule has 0 radical (unpaired) electrons. The van der Waals surface area contributed by atoms with E-state index in [-0.39, 0.29) is 11.8 Å². The average molecular weight is 353 g/mol. The molecule has 2 aromatic rings. The van der Waals surface area contributed by atoms with Crippen LogP contribution in [0.5, 0.6) is 5.75 Å². The van der Waals surface area contributed by atoms with Gasteiger partial charge in [-0.15, -0.1) is 0 Å². The first-order chi connectivity index (χ1) is 12.6. The van der Waals surface area contributed by atoms with E-state index in [0.29, 0.717) is 29.2 Å². The summed E-state index contributed by atoms with van der Waals surface area (Å²) in [5.41, 5.74) is 1.79. The van der Waals surface area contributed by atoms with Gasteiger partial charge in [-0.2, -0.15) is 0 Å². The number of carbonyl (C=O) groups excluding carboxylic acids is 2. The number of fused-ring (bicyclic) bond motifs is 1. The molecule has 6 heteroatoms. The maximum atomic E-state index is 12.5. The summed E-state index contributed by atoms with van der Waals surface area (Å²) in [6, 6.07) is 8.78. The van der Waals surface area contributed by atoms with Crippen molar-refractivity contribution in [2.24, 2.45) is 0 Å². The lowest BCUT2D eigenvalue weighted by Gasteiger charge is -2.33. The number of amides is 2. The molecule has 1 aromatic heterocycles. The summed E-state index contributed by atoms with van der Waals surface area (Å²) >= 11 is 0. The summed E-state index contributed by atoms with van der Waals surface area (Å²) in [6.45, 7) is 4.54. The van der Waals surface area contributed by atoms with Gasteiger partial charge in [-0.25, -0.2) is 0 Å². The Morgan fingerprint density at radius 2 is 2.15 bits per heavy atom. The molecular formula is C20H23N3O3. The molecule has 2 amide bonds. The number of carbonyl (C=O) groups is 2. The SMILES string of the molecule is CCCCCN1C(=O)C(C)Oc2ccc(NC(=O)c3cccnc3)cc21. The predicted octanol–water partition coefficient (Wildman–Crippen LogP) is 3.64. The first kappa shape index (κ1) is 17.9. The van der Waals surface area contributed by atoms with Crippen LogP contribution in [0.1, 0.15) is 43.5 Å². The Morgan fingerprint density at radius 1 is 1.31 bits per heavy atom. The molecule has 3 rings (SSSR count). The van der Waals surface area contributed by atoms with Crippen LogP contribution in [0, 0.1) is 0 Å². The average Bonchev–Trinajstić information content (AvgIpc) is 2.66. The van der Waals surface area contributed by atoms with E-state index in [1.165, 1.54) is 6.20 Å². The maximum Gasteiger partial charge on any atom is 0.267 e. The van der Waals surface area contributed by atoms with Gasteiger partial charge in [0.25, 0.3) is 11.8 Å². The number of benzene rings is 1. The summed E-state index contributed by atoms with van der Waals surface area (Å²) in [6.07, 6.45) is 5.71. The predicted molar refractivity (Wildman–Crippen MR) is 101 cm³/mol. The van der Waals surface area contributed by atoms with Gasteiger partial charge in [-0.3, -0.25) is 14.6 Å². The lowest BCUT2D eigenvalue weighted by atomic mass is 10.1. The van der Waals surface area contributed by atoms with Gasteiger partial charge in [-0.1, -0.05) is 19.8 Å². The first-order valence-electron chi connectivity index (χ1n) is 8.93. The van der Waals surface area contributed by atoms with Crippen LogP contribution in [0.15, 0.2) is 42.7 Å². The van der Waals surface area contributed by atoms with Gasteiger partial charge in [-0.05, 0) is 43.7 Å². The molecule has 1 aromatic carbocycles. The first-order valence-corrected chi connectivity index (χ1v) is 8.93. The van der Waals surface area contributed by atoms with Crippen LogP contribution in [0.2, 0.25) is 0 Å². The van der Waals surface area contributed by atoms with Gasteiger partial charge < -0.3 is 15.0 Å². The number of ether oxygens (including phenoxy) is 1. The highest BCUT2D eigenvalue weighted by atomic mass is 16.5. The van der Waals surface area contributed by atoms with E-state index in [1.54, 1.807) is 48.4 Å². The number of rotatable bonds is 6. The van der Waals surface area contributed by atoms with E-state index in [4.69, 9.17) is 4.74 Å². The molecule has 26 heavy (non-hydrogen) atoms. The zero-order chi connectivity index (χ0) is 18.5. The summed E-state index contributed by atoms with van der Waals surface area (Å²) < 4.78 is 5.71. The normalized spacial score (nSPS) is 16.0. The van der Waals surface area contributed by atoms with Crippen LogP contribution in [0.4, 0.5) is 11.4 Å². The molecule has 1 atom stereocenters. The van der Waals surface area contributed by atoms with Crippen LogP contribution >= 0.6 is 0 Å². The minimum absolute atomic E-state index is 0.0515. The number of pyridine rings is 1. The third kappa shape index (κ3) is 3.85. The minimum atomic E-state index is -0.500. The molecule has 0 saturated carbocycles. The second kappa shape index (κ2) is 7.99. The molecule has 0 aliphatic carbocycles. The largest absolute Gasteiger partial charge is 0.479 e. The highest BCUT2D eigenvalue weighted by Crippen LogP contribution is 2.36. The number of unbranched alkanes of at least 4 members (excludes halogenated alkanes) is 2. The topological polar surface area (TPSA) is 71.5 Å². The molecule has 0 bridgehead atoms. The van der Waals surface area contributed by atoms with E-state index in [0.717, 1.165) is 19.3 Å². The molecule has 1 aliphatic heterocycles. The summed E-state index contributed by atoms with van der Waals surface area (Å²) in [5, 5.41) is 2.85. The van der Waals surface area contributed by atoms with Gasteiger partial charge >= 0.3 is 0 Å². The minimum Gasteiger partial charge on any atom is -0.479 e. The molecule has 0 fully saturated rings. The van der Waals surface area contributed by atoms with Gasteiger partial charge in [0.15, 0.2) is 6.10 Å². The molecule has 6 nitrogen and oxygen atoms in total. The molecule has 1 aliphatic rings. The van der Waals surface area contributed by atoms with E-state index in [2.05, 4.69) is 17.2 Å². The smallest absolute Gasteiger partial charge is 0.267 e. The summed E-state index contributed by atoms with van der Waals surface area (Å²) in [5.74, 6) is 0.365. The fourth-order valence-electron chi connectivity index (χ4n) is 2.94. The van der Waals surface area contributed by atoms with Crippen molar-refractivity contribution in [3.8, 4) is 5.75 Å². The maximum absolute atomic E-state index is 12.5. The van der Waals surface area contributed by atoms with Gasteiger partial charge in [0.1, 0.15) is 5.75 Å². The molecule has 1 unspecified atom stereocenters. The van der Waals surface area contributed by atoms with Crippen molar-refractivity contribution in [1.82, 2.24) is 4.98 Å². The number of aromatic nitrogens is 1.